The predicted octanol–water partition coefficient (Wildman–Crippen LogP) is 2.93. The van der Waals surface area contributed by atoms with Gasteiger partial charge in [-0.15, -0.1) is 0 Å². The Morgan fingerprint density at radius 3 is 2.72 bits per heavy atom. The van der Waals surface area contributed by atoms with Gasteiger partial charge in [0.15, 0.2) is 0 Å². The standard InChI is InChI=1S/C23H24N4O2/c28-22(26-23(29)21-19-10-5-4-9-18(19)15-25-21)20(17-7-2-1-3-8-17)11-6-13-27-14-12-24-16-27/h1-5,7-10,12,14,16,20-21,25H,6,11,13,15H2,(H,26,28,29). The van der Waals surface area contributed by atoms with Gasteiger partial charge in [0.1, 0.15) is 6.04 Å². The maximum Gasteiger partial charge on any atom is 0.248 e. The molecule has 2 unspecified atom stereocenters. The molecule has 0 spiro atoms. The third-order valence-corrected chi connectivity index (χ3v) is 5.36. The lowest BCUT2D eigenvalue weighted by atomic mass is 9.93. The molecule has 0 bridgehead atoms. The Hall–Kier alpha value is -3.25. The van der Waals surface area contributed by atoms with Crippen LogP contribution in [0.2, 0.25) is 0 Å². The van der Waals surface area contributed by atoms with Crippen LogP contribution in [0.1, 0.15) is 41.5 Å². The fourth-order valence-corrected chi connectivity index (χ4v) is 3.84. The SMILES string of the molecule is O=C(NC(=O)C1NCc2ccccc21)C(CCCn1ccnc1)c1ccccc1. The second-order valence-electron chi connectivity index (χ2n) is 7.27. The molecule has 2 heterocycles. The molecule has 0 radical (unpaired) electrons. The Morgan fingerprint density at radius 2 is 1.93 bits per heavy atom. The van der Waals surface area contributed by atoms with Crippen molar-refractivity contribution in [1.29, 1.82) is 0 Å². The van der Waals surface area contributed by atoms with E-state index < -0.39 is 6.04 Å². The summed E-state index contributed by atoms with van der Waals surface area (Å²) in [5, 5.41) is 5.84. The van der Waals surface area contributed by atoms with Gasteiger partial charge in [-0.05, 0) is 29.5 Å². The first-order valence-electron chi connectivity index (χ1n) is 9.89. The monoisotopic (exact) mass is 388 g/mol. The molecule has 6 nitrogen and oxygen atoms in total. The van der Waals surface area contributed by atoms with Crippen molar-refractivity contribution in [2.45, 2.75) is 37.9 Å². The lowest BCUT2D eigenvalue weighted by molar-refractivity contribution is -0.132. The van der Waals surface area contributed by atoms with E-state index in [1.807, 2.05) is 65.4 Å². The number of imide groups is 1. The van der Waals surface area contributed by atoms with Gasteiger partial charge in [0, 0.05) is 25.5 Å². The Balaban J connectivity index is 1.44. The second-order valence-corrected chi connectivity index (χ2v) is 7.27. The summed E-state index contributed by atoms with van der Waals surface area (Å²) in [4.78, 5) is 29.9. The molecule has 3 aromatic rings. The van der Waals surface area contributed by atoms with E-state index in [1.54, 1.807) is 12.5 Å². The minimum atomic E-state index is -0.488. The first-order chi connectivity index (χ1) is 14.2. The Labute approximate surface area is 170 Å². The van der Waals surface area contributed by atoms with E-state index in [2.05, 4.69) is 15.6 Å². The molecule has 6 heteroatoms. The molecule has 1 aliphatic rings. The predicted molar refractivity (Wildman–Crippen MR) is 110 cm³/mol. The quantitative estimate of drug-likeness (QED) is 0.653. The summed E-state index contributed by atoms with van der Waals surface area (Å²) in [6.07, 6.45) is 6.87. The highest BCUT2D eigenvalue weighted by Crippen LogP contribution is 2.26. The van der Waals surface area contributed by atoms with Gasteiger partial charge >= 0.3 is 0 Å². The number of aromatic nitrogens is 2. The van der Waals surface area contributed by atoms with Crippen molar-refractivity contribution in [1.82, 2.24) is 20.2 Å². The molecule has 1 aromatic heterocycles. The number of hydrogen-bond donors (Lipinski definition) is 2. The van der Waals surface area contributed by atoms with Crippen molar-refractivity contribution in [2.24, 2.45) is 0 Å². The van der Waals surface area contributed by atoms with Crippen molar-refractivity contribution in [3.63, 3.8) is 0 Å². The first kappa shape index (κ1) is 19.1. The van der Waals surface area contributed by atoms with E-state index in [0.717, 1.165) is 29.7 Å². The zero-order chi connectivity index (χ0) is 20.1. The average Bonchev–Trinajstić information content (AvgIpc) is 3.41. The Morgan fingerprint density at radius 1 is 1.14 bits per heavy atom. The molecule has 2 aromatic carbocycles. The normalized spacial score (nSPS) is 16.2. The number of carbonyl (C=O) groups excluding carboxylic acids is 2. The van der Waals surface area contributed by atoms with Crippen LogP contribution in [0.3, 0.4) is 0 Å². The van der Waals surface area contributed by atoms with Gasteiger partial charge < -0.3 is 4.57 Å². The highest BCUT2D eigenvalue weighted by Gasteiger charge is 2.30. The summed E-state index contributed by atoms with van der Waals surface area (Å²) >= 11 is 0. The number of aryl methyl sites for hydroxylation is 1. The van der Waals surface area contributed by atoms with Gasteiger partial charge in [0.05, 0.1) is 12.2 Å². The fraction of sp³-hybridized carbons (Fsp3) is 0.261. The number of fused-ring (bicyclic) bond motifs is 1. The lowest BCUT2D eigenvalue weighted by Gasteiger charge is -2.19. The van der Waals surface area contributed by atoms with Crippen LogP contribution in [-0.4, -0.2) is 21.4 Å². The van der Waals surface area contributed by atoms with E-state index in [-0.39, 0.29) is 17.7 Å². The van der Waals surface area contributed by atoms with Crippen molar-refractivity contribution in [2.75, 3.05) is 0 Å². The summed E-state index contributed by atoms with van der Waals surface area (Å²) in [5.74, 6) is -0.922. The summed E-state index contributed by atoms with van der Waals surface area (Å²) in [5.41, 5.74) is 2.96. The molecule has 4 rings (SSSR count). The van der Waals surface area contributed by atoms with Gasteiger partial charge in [-0.2, -0.15) is 0 Å². The molecule has 0 saturated carbocycles. The number of nitrogens with zero attached hydrogens (tertiary/aromatic N) is 2. The highest BCUT2D eigenvalue weighted by molar-refractivity contribution is 6.01. The van der Waals surface area contributed by atoms with E-state index in [9.17, 15) is 9.59 Å². The molecule has 2 atom stereocenters. The van der Waals surface area contributed by atoms with Crippen molar-refractivity contribution >= 4 is 11.8 Å². The molecule has 2 N–H and O–H groups in total. The van der Waals surface area contributed by atoms with Crippen LogP contribution in [0, 0.1) is 0 Å². The van der Waals surface area contributed by atoms with Crippen LogP contribution < -0.4 is 10.6 Å². The number of amides is 2. The van der Waals surface area contributed by atoms with Crippen LogP contribution in [-0.2, 0) is 22.7 Å². The van der Waals surface area contributed by atoms with Crippen LogP contribution in [0.5, 0.6) is 0 Å². The van der Waals surface area contributed by atoms with E-state index >= 15 is 0 Å². The minimum Gasteiger partial charge on any atom is -0.337 e. The van der Waals surface area contributed by atoms with Gasteiger partial charge in [0.2, 0.25) is 11.8 Å². The number of nitrogens with one attached hydrogen (secondary N) is 2. The molecular weight excluding hydrogens is 364 g/mol. The lowest BCUT2D eigenvalue weighted by Crippen LogP contribution is -2.40. The van der Waals surface area contributed by atoms with Crippen molar-refractivity contribution in [3.8, 4) is 0 Å². The summed E-state index contributed by atoms with van der Waals surface area (Å²) in [6, 6.07) is 17.0. The van der Waals surface area contributed by atoms with E-state index in [1.165, 1.54) is 0 Å². The Kier molecular flexibility index (Phi) is 5.81. The fourth-order valence-electron chi connectivity index (χ4n) is 3.84. The van der Waals surface area contributed by atoms with Crippen LogP contribution in [0.4, 0.5) is 0 Å². The number of imidazole rings is 1. The van der Waals surface area contributed by atoms with Crippen LogP contribution in [0.15, 0.2) is 73.3 Å². The Bertz CT molecular complexity index is 970. The van der Waals surface area contributed by atoms with Crippen LogP contribution >= 0.6 is 0 Å². The van der Waals surface area contributed by atoms with Crippen molar-refractivity contribution < 1.29 is 9.59 Å². The smallest absolute Gasteiger partial charge is 0.248 e. The maximum absolute atomic E-state index is 13.0. The van der Waals surface area contributed by atoms with Crippen LogP contribution in [0.25, 0.3) is 0 Å². The molecule has 0 fully saturated rings. The molecular formula is C23H24N4O2. The summed E-state index contributed by atoms with van der Waals surface area (Å²) in [7, 11) is 0. The average molecular weight is 388 g/mol. The zero-order valence-corrected chi connectivity index (χ0v) is 16.1. The van der Waals surface area contributed by atoms with Gasteiger partial charge in [0.25, 0.3) is 0 Å². The molecule has 148 valence electrons. The molecule has 29 heavy (non-hydrogen) atoms. The molecule has 1 aliphatic heterocycles. The molecule has 2 amide bonds. The van der Waals surface area contributed by atoms with Gasteiger partial charge in [-0.3, -0.25) is 20.2 Å². The number of benzene rings is 2. The second kappa shape index (κ2) is 8.84. The third-order valence-electron chi connectivity index (χ3n) is 5.36. The first-order valence-corrected chi connectivity index (χ1v) is 9.89. The van der Waals surface area contributed by atoms with Crippen molar-refractivity contribution in [3.05, 3.63) is 90.0 Å². The minimum absolute atomic E-state index is 0.252. The topological polar surface area (TPSA) is 76.0 Å². The summed E-state index contributed by atoms with van der Waals surface area (Å²) in [6.45, 7) is 1.41. The highest BCUT2D eigenvalue weighted by atomic mass is 16.2. The largest absolute Gasteiger partial charge is 0.337 e. The van der Waals surface area contributed by atoms with Gasteiger partial charge in [-0.25, -0.2) is 4.98 Å². The third kappa shape index (κ3) is 4.43. The van der Waals surface area contributed by atoms with E-state index in [4.69, 9.17) is 0 Å². The summed E-state index contributed by atoms with van der Waals surface area (Å²) < 4.78 is 1.99. The van der Waals surface area contributed by atoms with Gasteiger partial charge in [-0.1, -0.05) is 54.6 Å². The maximum atomic E-state index is 13.0. The number of hydrogen-bond acceptors (Lipinski definition) is 4. The molecule has 0 saturated heterocycles. The number of carbonyl (C=O) groups is 2. The number of rotatable bonds is 7. The molecule has 0 aliphatic carbocycles. The van der Waals surface area contributed by atoms with E-state index in [0.29, 0.717) is 13.0 Å². The zero-order valence-electron chi connectivity index (χ0n) is 16.1.